The lowest BCUT2D eigenvalue weighted by atomic mass is 9.97. The van der Waals surface area contributed by atoms with E-state index >= 15 is 0 Å². The molecule has 3 atom stereocenters. The number of aliphatic hydroxyl groups excluding tert-OH is 1. The number of aromatic nitrogens is 1. The highest BCUT2D eigenvalue weighted by atomic mass is 32.2. The van der Waals surface area contributed by atoms with Crippen molar-refractivity contribution >= 4 is 29.6 Å². The monoisotopic (exact) mass is 698 g/mol. The van der Waals surface area contributed by atoms with Crippen molar-refractivity contribution in [3.05, 3.63) is 119 Å². The van der Waals surface area contributed by atoms with Crippen LogP contribution in [0.2, 0.25) is 0 Å². The van der Waals surface area contributed by atoms with E-state index in [1.165, 1.54) is 11.8 Å². The van der Waals surface area contributed by atoms with Crippen LogP contribution in [0.1, 0.15) is 90.0 Å². The maximum absolute atomic E-state index is 12.5. The fourth-order valence-corrected chi connectivity index (χ4v) is 6.84. The van der Waals surface area contributed by atoms with E-state index in [-0.39, 0.29) is 36.7 Å². The highest BCUT2D eigenvalue weighted by molar-refractivity contribution is 7.99. The summed E-state index contributed by atoms with van der Waals surface area (Å²) in [6.07, 6.45) is 4.44. The van der Waals surface area contributed by atoms with Crippen LogP contribution in [0.25, 0.3) is 11.1 Å². The Hall–Kier alpha value is -4.55. The quantitative estimate of drug-likeness (QED) is 0.0651. The zero-order valence-electron chi connectivity index (χ0n) is 27.7. The normalized spacial score (nSPS) is 17.3. The number of rotatable bonds is 17. The molecule has 1 aliphatic heterocycles. The van der Waals surface area contributed by atoms with Crippen molar-refractivity contribution < 1.29 is 39.2 Å². The van der Waals surface area contributed by atoms with Gasteiger partial charge in [0.2, 0.25) is 5.91 Å². The number of hydrogen-bond acceptors (Lipinski definition) is 8. The van der Waals surface area contributed by atoms with Gasteiger partial charge in [0.25, 0.3) is 0 Å². The SMILES string of the molecule is O=C(O)CCCCCCC(=O)NCc1ccccc1-c1ccc([C@H]2O[C@@H](CSc3ncccc3C(=O)O)C[C@@H](c3ccc(CO)cc3)O2)cc1. The molecule has 1 fully saturated rings. The van der Waals surface area contributed by atoms with Crippen molar-refractivity contribution in [1.29, 1.82) is 0 Å². The summed E-state index contributed by atoms with van der Waals surface area (Å²) in [5.41, 5.74) is 5.71. The molecule has 0 unspecified atom stereocenters. The minimum Gasteiger partial charge on any atom is -0.481 e. The van der Waals surface area contributed by atoms with Gasteiger partial charge in [-0.3, -0.25) is 9.59 Å². The minimum atomic E-state index is -1.03. The molecule has 4 aromatic rings. The summed E-state index contributed by atoms with van der Waals surface area (Å²) in [6.45, 7) is 0.340. The lowest BCUT2D eigenvalue weighted by Gasteiger charge is -2.36. The highest BCUT2D eigenvalue weighted by Gasteiger charge is 2.32. The first-order valence-electron chi connectivity index (χ1n) is 16.8. The summed E-state index contributed by atoms with van der Waals surface area (Å²) in [5, 5.41) is 31.4. The standard InChI is InChI=1S/C39H42N2O8S/c42-24-26-13-15-28(16-14-26)34-22-31(25-50-37-33(38(46)47)10-7-21-40-37)48-39(49-34)29-19-17-27(18-20-29)32-9-6-5-8-30(32)23-41-35(43)11-3-1-2-4-12-36(44)45/h5-10,13-21,31,34,39,42H,1-4,11-12,22-25H2,(H,41,43)(H,44,45)(H,46,47)/t31-,34+,39+/m1/s1. The summed E-state index contributed by atoms with van der Waals surface area (Å²) >= 11 is 1.34. The van der Waals surface area contributed by atoms with Gasteiger partial charge in [-0.25, -0.2) is 9.78 Å². The van der Waals surface area contributed by atoms with Crippen molar-refractivity contribution in [2.75, 3.05) is 5.75 Å². The second-order valence-electron chi connectivity index (χ2n) is 12.2. The number of carbonyl (C=O) groups excluding carboxylic acids is 1. The van der Waals surface area contributed by atoms with E-state index in [2.05, 4.69) is 10.3 Å². The number of ether oxygens (including phenoxy) is 2. The number of unbranched alkanes of at least 4 members (excludes halogenated alkanes) is 3. The zero-order chi connectivity index (χ0) is 35.3. The van der Waals surface area contributed by atoms with E-state index in [0.29, 0.717) is 36.6 Å². The number of nitrogens with zero attached hydrogens (tertiary/aromatic N) is 1. The maximum Gasteiger partial charge on any atom is 0.338 e. The van der Waals surface area contributed by atoms with Crippen LogP contribution in [-0.4, -0.2) is 50.0 Å². The van der Waals surface area contributed by atoms with Crippen LogP contribution >= 0.6 is 11.8 Å². The summed E-state index contributed by atoms with van der Waals surface area (Å²) in [4.78, 5) is 39.2. The van der Waals surface area contributed by atoms with Crippen LogP contribution in [0.5, 0.6) is 0 Å². The number of hydrogen-bond donors (Lipinski definition) is 4. The Morgan fingerprint density at radius 2 is 1.54 bits per heavy atom. The molecule has 1 aliphatic rings. The average molecular weight is 699 g/mol. The summed E-state index contributed by atoms with van der Waals surface area (Å²) in [6, 6.07) is 26.7. The summed E-state index contributed by atoms with van der Waals surface area (Å²) in [5.74, 6) is -1.37. The summed E-state index contributed by atoms with van der Waals surface area (Å²) < 4.78 is 13.0. The average Bonchev–Trinajstić information content (AvgIpc) is 3.14. The predicted molar refractivity (Wildman–Crippen MR) is 189 cm³/mol. The molecule has 5 rings (SSSR count). The number of pyridine rings is 1. The van der Waals surface area contributed by atoms with Crippen molar-refractivity contribution in [3.8, 4) is 11.1 Å². The first-order chi connectivity index (χ1) is 24.3. The number of carboxylic acid groups (broad SMARTS) is 2. The van der Waals surface area contributed by atoms with Crippen molar-refractivity contribution in [1.82, 2.24) is 10.3 Å². The van der Waals surface area contributed by atoms with Gasteiger partial charge in [-0.15, -0.1) is 11.8 Å². The molecule has 262 valence electrons. The van der Waals surface area contributed by atoms with Gasteiger partial charge in [0.1, 0.15) is 5.03 Å². The van der Waals surface area contributed by atoms with Gasteiger partial charge < -0.3 is 30.1 Å². The topological polar surface area (TPSA) is 155 Å². The van der Waals surface area contributed by atoms with Gasteiger partial charge in [0, 0.05) is 43.3 Å². The zero-order valence-corrected chi connectivity index (χ0v) is 28.5. The second kappa shape index (κ2) is 18.4. The molecule has 0 saturated carbocycles. The van der Waals surface area contributed by atoms with Crippen molar-refractivity contribution in [3.63, 3.8) is 0 Å². The molecule has 0 radical (unpaired) electrons. The van der Waals surface area contributed by atoms with Gasteiger partial charge in [-0.2, -0.15) is 0 Å². The van der Waals surface area contributed by atoms with Crippen LogP contribution < -0.4 is 5.32 Å². The molecule has 11 heteroatoms. The van der Waals surface area contributed by atoms with E-state index in [9.17, 15) is 24.6 Å². The maximum atomic E-state index is 12.5. The van der Waals surface area contributed by atoms with Crippen LogP contribution in [0.15, 0.2) is 96.2 Å². The molecule has 3 aromatic carbocycles. The third-order valence-electron chi connectivity index (χ3n) is 8.55. The molecule has 0 bridgehead atoms. The second-order valence-corrected chi connectivity index (χ2v) is 13.2. The van der Waals surface area contributed by atoms with Gasteiger partial charge in [0.05, 0.1) is 24.4 Å². The first kappa shape index (κ1) is 36.7. The third-order valence-corrected chi connectivity index (χ3v) is 9.69. The van der Waals surface area contributed by atoms with Gasteiger partial charge >= 0.3 is 11.9 Å². The van der Waals surface area contributed by atoms with E-state index in [1.54, 1.807) is 18.3 Å². The first-order valence-corrected chi connectivity index (χ1v) is 17.8. The molecular weight excluding hydrogens is 657 g/mol. The third kappa shape index (κ3) is 10.5. The van der Waals surface area contributed by atoms with Gasteiger partial charge in [-0.1, -0.05) is 85.6 Å². The fraction of sp³-hybridized carbons (Fsp3) is 0.333. The molecule has 4 N–H and O–H groups in total. The van der Waals surface area contributed by atoms with Crippen molar-refractivity contribution in [2.24, 2.45) is 0 Å². The Bertz CT molecular complexity index is 1730. The van der Waals surface area contributed by atoms with Gasteiger partial charge in [0.15, 0.2) is 6.29 Å². The van der Waals surface area contributed by atoms with Crippen LogP contribution in [0.3, 0.4) is 0 Å². The number of thioether (sulfide) groups is 1. The van der Waals surface area contributed by atoms with Crippen molar-refractivity contribution in [2.45, 2.75) is 81.6 Å². The lowest BCUT2D eigenvalue weighted by Crippen LogP contribution is -2.31. The number of amides is 1. The Morgan fingerprint density at radius 3 is 2.26 bits per heavy atom. The van der Waals surface area contributed by atoms with Crippen LogP contribution in [0, 0.1) is 0 Å². The Morgan fingerprint density at radius 1 is 0.820 bits per heavy atom. The predicted octanol–water partition coefficient (Wildman–Crippen LogP) is 7.32. The Balaban J connectivity index is 1.25. The number of aliphatic carboxylic acids is 1. The lowest BCUT2D eigenvalue weighted by molar-refractivity contribution is -0.245. The molecule has 0 aliphatic carbocycles. The number of aromatic carboxylic acids is 1. The smallest absolute Gasteiger partial charge is 0.338 e. The molecule has 1 aromatic heterocycles. The molecule has 10 nitrogen and oxygen atoms in total. The number of benzene rings is 3. The molecule has 1 saturated heterocycles. The molecular formula is C39H42N2O8S. The minimum absolute atomic E-state index is 0.0320. The molecule has 0 spiro atoms. The summed E-state index contributed by atoms with van der Waals surface area (Å²) in [7, 11) is 0. The van der Waals surface area contributed by atoms with E-state index in [0.717, 1.165) is 52.6 Å². The van der Waals surface area contributed by atoms with Gasteiger partial charge in [-0.05, 0) is 52.8 Å². The van der Waals surface area contributed by atoms with E-state index in [1.807, 2.05) is 72.8 Å². The Kier molecular flexibility index (Phi) is 13.5. The van der Waals surface area contributed by atoms with E-state index < -0.39 is 18.2 Å². The number of aliphatic hydroxyl groups is 1. The van der Waals surface area contributed by atoms with E-state index in [4.69, 9.17) is 14.6 Å². The largest absolute Gasteiger partial charge is 0.481 e. The number of carbonyl (C=O) groups is 3. The number of nitrogens with one attached hydrogen (secondary N) is 1. The molecule has 1 amide bonds. The number of carboxylic acids is 2. The Labute approximate surface area is 295 Å². The molecule has 50 heavy (non-hydrogen) atoms. The van der Waals surface area contributed by atoms with Crippen LogP contribution in [-0.2, 0) is 32.2 Å². The molecule has 2 heterocycles. The fourth-order valence-electron chi connectivity index (χ4n) is 5.84. The highest BCUT2D eigenvalue weighted by Crippen LogP contribution is 2.40. The van der Waals surface area contributed by atoms with Crippen LogP contribution in [0.4, 0.5) is 0 Å².